The van der Waals surface area contributed by atoms with Gasteiger partial charge < -0.3 is 5.73 Å². The third-order valence-corrected chi connectivity index (χ3v) is 8.20. The topological polar surface area (TPSA) is 120 Å². The molecule has 2 aromatic carbocycles. The van der Waals surface area contributed by atoms with Crippen molar-refractivity contribution in [2.45, 2.75) is 49.7 Å². The second-order valence-corrected chi connectivity index (χ2v) is 11.2. The maximum atomic E-state index is 13.2. The minimum Gasteiger partial charge on any atom is -0.366 e. The van der Waals surface area contributed by atoms with Gasteiger partial charge in [-0.25, -0.2) is 18.1 Å². The highest BCUT2D eigenvalue weighted by molar-refractivity contribution is 7.93. The number of hydrogen-bond donors (Lipinski definition) is 2. The Kier molecular flexibility index (Phi) is 7.97. The van der Waals surface area contributed by atoms with Gasteiger partial charge in [0.1, 0.15) is 6.33 Å². The second-order valence-electron chi connectivity index (χ2n) is 9.23. The summed E-state index contributed by atoms with van der Waals surface area (Å²) in [7, 11) is -3.60. The first-order valence-electron chi connectivity index (χ1n) is 12.0. The molecule has 15 heteroatoms. The van der Waals surface area contributed by atoms with E-state index in [1.165, 1.54) is 24.3 Å². The standard InChI is InChI=1S/C25H23F6N5O3S/c26-24(27,28)17-10-16(11-18(12-17)25(29,30)31)23-33-14-36(34-23)13-21(22(32)37)15-6-8-19(9-7-15)35-40(38,39)20-4-2-1-3-5-20/h6-14,20,35H,1-5H2,(H2,32,37)/b21-13+. The van der Waals surface area contributed by atoms with Crippen molar-refractivity contribution in [2.24, 2.45) is 5.73 Å². The molecule has 1 saturated carbocycles. The normalized spacial score (nSPS) is 15.7. The summed E-state index contributed by atoms with van der Waals surface area (Å²) in [6, 6.07) is 6.68. The number of nitrogens with one attached hydrogen (secondary N) is 1. The van der Waals surface area contributed by atoms with E-state index in [0.717, 1.165) is 36.5 Å². The first-order valence-corrected chi connectivity index (χ1v) is 13.5. The van der Waals surface area contributed by atoms with E-state index in [1.807, 2.05) is 0 Å². The fourth-order valence-electron chi connectivity index (χ4n) is 4.31. The molecule has 40 heavy (non-hydrogen) atoms. The highest BCUT2D eigenvalue weighted by Gasteiger charge is 2.37. The Balaban J connectivity index is 1.60. The highest BCUT2D eigenvalue weighted by Crippen LogP contribution is 2.38. The molecule has 4 rings (SSSR count). The van der Waals surface area contributed by atoms with E-state index < -0.39 is 56.0 Å². The van der Waals surface area contributed by atoms with Gasteiger partial charge >= 0.3 is 12.4 Å². The Labute approximate surface area is 224 Å². The smallest absolute Gasteiger partial charge is 0.366 e. The van der Waals surface area contributed by atoms with Crippen LogP contribution in [0.3, 0.4) is 0 Å². The van der Waals surface area contributed by atoms with Crippen molar-refractivity contribution < 1.29 is 39.6 Å². The Morgan fingerprint density at radius 2 is 1.52 bits per heavy atom. The molecule has 3 aromatic rings. The van der Waals surface area contributed by atoms with E-state index in [2.05, 4.69) is 14.8 Å². The minimum absolute atomic E-state index is 0.00942. The van der Waals surface area contributed by atoms with Crippen LogP contribution in [0.15, 0.2) is 48.8 Å². The second kappa shape index (κ2) is 10.9. The van der Waals surface area contributed by atoms with Crippen LogP contribution < -0.4 is 10.5 Å². The lowest BCUT2D eigenvalue weighted by molar-refractivity contribution is -0.143. The zero-order valence-corrected chi connectivity index (χ0v) is 21.4. The average molecular weight is 588 g/mol. The Morgan fingerprint density at radius 1 is 0.950 bits per heavy atom. The van der Waals surface area contributed by atoms with E-state index in [1.54, 1.807) is 0 Å². The van der Waals surface area contributed by atoms with Gasteiger partial charge in [-0.2, -0.15) is 26.3 Å². The lowest BCUT2D eigenvalue weighted by atomic mass is 10.0. The van der Waals surface area contributed by atoms with Crippen molar-refractivity contribution in [1.29, 1.82) is 0 Å². The SMILES string of the molecule is NC(=O)/C(=C/n1cnc(-c2cc(C(F)(F)F)cc(C(F)(F)F)c2)n1)c1ccc(NS(=O)(=O)C2CCCCC2)cc1. The number of sulfonamides is 1. The molecule has 0 saturated heterocycles. The van der Waals surface area contributed by atoms with Crippen LogP contribution in [0.25, 0.3) is 23.2 Å². The number of nitrogens with two attached hydrogens (primary N) is 1. The van der Waals surface area contributed by atoms with Gasteiger partial charge in [-0.3, -0.25) is 9.52 Å². The minimum atomic E-state index is -5.05. The Hall–Kier alpha value is -3.88. The number of alkyl halides is 6. The molecule has 0 radical (unpaired) electrons. The van der Waals surface area contributed by atoms with Gasteiger partial charge in [0.05, 0.1) is 21.9 Å². The van der Waals surface area contributed by atoms with Crippen LogP contribution in [0.2, 0.25) is 0 Å². The molecule has 1 aromatic heterocycles. The summed E-state index contributed by atoms with van der Waals surface area (Å²) in [6.07, 6.45) is -4.22. The predicted molar refractivity (Wildman–Crippen MR) is 135 cm³/mol. The number of hydrogen-bond acceptors (Lipinski definition) is 5. The fraction of sp³-hybridized carbons (Fsp3) is 0.320. The molecule has 3 N–H and O–H groups in total. The first-order chi connectivity index (χ1) is 18.6. The van der Waals surface area contributed by atoms with Crippen molar-refractivity contribution in [2.75, 3.05) is 4.72 Å². The molecule has 0 aliphatic heterocycles. The zero-order chi connectivity index (χ0) is 29.3. The molecular weight excluding hydrogens is 564 g/mol. The van der Waals surface area contributed by atoms with Crippen LogP contribution in [0, 0.1) is 0 Å². The number of carbonyl (C=O) groups is 1. The number of aromatic nitrogens is 3. The van der Waals surface area contributed by atoms with Crippen LogP contribution in [-0.2, 0) is 27.2 Å². The largest absolute Gasteiger partial charge is 0.416 e. The van der Waals surface area contributed by atoms with Crippen molar-refractivity contribution in [3.8, 4) is 11.4 Å². The maximum absolute atomic E-state index is 13.2. The number of nitrogens with zero attached hydrogens (tertiary/aromatic N) is 3. The van der Waals surface area contributed by atoms with Gasteiger partial charge in [0.25, 0.3) is 5.91 Å². The molecule has 1 heterocycles. The summed E-state index contributed by atoms with van der Waals surface area (Å²) in [5.41, 5.74) is 2.28. The van der Waals surface area contributed by atoms with Gasteiger partial charge in [-0.05, 0) is 48.7 Å². The predicted octanol–water partition coefficient (Wildman–Crippen LogP) is 5.54. The average Bonchev–Trinajstić information content (AvgIpc) is 3.36. The molecule has 0 spiro atoms. The third-order valence-electron chi connectivity index (χ3n) is 6.33. The third kappa shape index (κ3) is 6.81. The van der Waals surface area contributed by atoms with Crippen molar-refractivity contribution in [3.05, 3.63) is 65.5 Å². The van der Waals surface area contributed by atoms with E-state index in [-0.39, 0.29) is 22.9 Å². The van der Waals surface area contributed by atoms with Gasteiger partial charge in [0.2, 0.25) is 10.0 Å². The fourth-order valence-corrected chi connectivity index (χ4v) is 5.89. The lowest BCUT2D eigenvalue weighted by Gasteiger charge is -2.22. The Morgan fingerprint density at radius 3 is 2.05 bits per heavy atom. The van der Waals surface area contributed by atoms with Gasteiger partial charge in [0.15, 0.2) is 5.82 Å². The summed E-state index contributed by atoms with van der Waals surface area (Å²) >= 11 is 0. The number of halogens is 6. The molecule has 1 amide bonds. The van der Waals surface area contributed by atoms with Gasteiger partial charge in [-0.15, -0.1) is 5.10 Å². The Bertz CT molecular complexity index is 1490. The van der Waals surface area contributed by atoms with Crippen molar-refractivity contribution in [3.63, 3.8) is 0 Å². The van der Waals surface area contributed by atoms with Crippen LogP contribution in [-0.4, -0.2) is 34.3 Å². The number of rotatable bonds is 7. The molecule has 1 aliphatic carbocycles. The van der Waals surface area contributed by atoms with E-state index in [0.29, 0.717) is 25.0 Å². The molecule has 1 fully saturated rings. The lowest BCUT2D eigenvalue weighted by Crippen LogP contribution is -2.29. The summed E-state index contributed by atoms with van der Waals surface area (Å²) in [5, 5.41) is 3.39. The van der Waals surface area contributed by atoms with Gasteiger partial charge in [0, 0.05) is 17.5 Å². The monoisotopic (exact) mass is 587 g/mol. The molecule has 0 unspecified atom stereocenters. The number of carbonyl (C=O) groups excluding carboxylic acids is 1. The first kappa shape index (κ1) is 29.1. The summed E-state index contributed by atoms with van der Waals surface area (Å²) in [4.78, 5) is 15.9. The quantitative estimate of drug-likeness (QED) is 0.278. The van der Waals surface area contributed by atoms with Crippen LogP contribution in [0.4, 0.5) is 32.0 Å². The van der Waals surface area contributed by atoms with Crippen molar-refractivity contribution >= 4 is 33.4 Å². The molecular formula is C25H23F6N5O3S. The summed E-state index contributed by atoms with van der Waals surface area (Å²) in [6.45, 7) is 0. The van der Waals surface area contributed by atoms with Gasteiger partial charge in [-0.1, -0.05) is 31.4 Å². The van der Waals surface area contributed by atoms with E-state index in [4.69, 9.17) is 5.73 Å². The highest BCUT2D eigenvalue weighted by atomic mass is 32.2. The molecule has 0 atom stereocenters. The van der Waals surface area contributed by atoms with E-state index >= 15 is 0 Å². The number of amides is 1. The van der Waals surface area contributed by atoms with Crippen LogP contribution in [0.5, 0.6) is 0 Å². The van der Waals surface area contributed by atoms with Crippen LogP contribution >= 0.6 is 0 Å². The summed E-state index contributed by atoms with van der Waals surface area (Å²) in [5.74, 6) is -1.38. The molecule has 1 aliphatic rings. The van der Waals surface area contributed by atoms with E-state index in [9.17, 15) is 39.6 Å². The molecule has 0 bridgehead atoms. The molecule has 214 valence electrons. The number of benzene rings is 2. The zero-order valence-electron chi connectivity index (χ0n) is 20.6. The number of anilines is 1. The summed E-state index contributed by atoms with van der Waals surface area (Å²) < 4.78 is 108. The maximum Gasteiger partial charge on any atom is 0.416 e. The van der Waals surface area contributed by atoms with Crippen LogP contribution in [0.1, 0.15) is 48.8 Å². The molecule has 8 nitrogen and oxygen atoms in total. The number of primary amides is 1. The van der Waals surface area contributed by atoms with Crippen molar-refractivity contribution in [1.82, 2.24) is 14.8 Å².